The fraction of sp³-hybridized carbons (Fsp3) is 0.846. The molecule has 0 spiro atoms. The minimum Gasteiger partial charge on any atom is -0.370 e. The summed E-state index contributed by atoms with van der Waals surface area (Å²) >= 11 is 0. The standard InChI is InChI=1S/C13H21F3N2O3/c1-5-12(4)9(19)17-11(2,3)10(20)18(12)6-7-21-8-13(14,15)16/h5-8H2,1-4H3,(H,17,19). The summed E-state index contributed by atoms with van der Waals surface area (Å²) in [5.41, 5.74) is -2.15. The number of hydrogen-bond donors (Lipinski definition) is 1. The van der Waals surface area contributed by atoms with E-state index in [9.17, 15) is 22.8 Å². The Kier molecular flexibility index (Phi) is 4.92. The summed E-state index contributed by atoms with van der Waals surface area (Å²) in [6.07, 6.45) is -4.05. The summed E-state index contributed by atoms with van der Waals surface area (Å²) in [5, 5.41) is 2.64. The quantitative estimate of drug-likeness (QED) is 0.782. The van der Waals surface area contributed by atoms with Crippen LogP contribution in [0.2, 0.25) is 0 Å². The molecule has 0 aliphatic carbocycles. The van der Waals surface area contributed by atoms with Gasteiger partial charge in [0, 0.05) is 6.54 Å². The second-order valence-corrected chi connectivity index (χ2v) is 5.83. The minimum absolute atomic E-state index is 0.0594. The third-order valence-corrected chi connectivity index (χ3v) is 3.70. The molecule has 122 valence electrons. The maximum absolute atomic E-state index is 12.4. The average molecular weight is 310 g/mol. The lowest BCUT2D eigenvalue weighted by atomic mass is 9.86. The smallest absolute Gasteiger partial charge is 0.370 e. The van der Waals surface area contributed by atoms with E-state index in [1.807, 2.05) is 0 Å². The minimum atomic E-state index is -4.41. The molecule has 0 radical (unpaired) electrons. The Bertz CT molecular complexity index is 423. The number of nitrogens with one attached hydrogen (secondary N) is 1. The third-order valence-electron chi connectivity index (χ3n) is 3.70. The third kappa shape index (κ3) is 3.87. The molecule has 0 aromatic heterocycles. The second kappa shape index (κ2) is 5.82. The molecule has 2 amide bonds. The van der Waals surface area contributed by atoms with E-state index in [4.69, 9.17) is 0 Å². The second-order valence-electron chi connectivity index (χ2n) is 5.83. The molecule has 1 saturated heterocycles. The Hall–Kier alpha value is -1.31. The van der Waals surface area contributed by atoms with Gasteiger partial charge in [-0.1, -0.05) is 6.92 Å². The van der Waals surface area contributed by atoms with Crippen LogP contribution in [-0.4, -0.2) is 53.7 Å². The number of nitrogens with zero attached hydrogens (tertiary/aromatic N) is 1. The molecule has 1 aliphatic heterocycles. The number of piperazine rings is 1. The normalized spacial score (nSPS) is 26.0. The van der Waals surface area contributed by atoms with Crippen molar-refractivity contribution in [3.63, 3.8) is 0 Å². The van der Waals surface area contributed by atoms with Gasteiger partial charge in [0.1, 0.15) is 17.7 Å². The number of rotatable bonds is 5. The van der Waals surface area contributed by atoms with Gasteiger partial charge in [0.05, 0.1) is 6.61 Å². The number of halogens is 3. The molecule has 1 atom stereocenters. The number of carbonyl (C=O) groups is 2. The molecule has 21 heavy (non-hydrogen) atoms. The number of ether oxygens (including phenoxy) is 1. The molecule has 0 bridgehead atoms. The molecule has 1 unspecified atom stereocenters. The van der Waals surface area contributed by atoms with E-state index in [1.165, 1.54) is 4.90 Å². The Morgan fingerprint density at radius 1 is 1.24 bits per heavy atom. The summed E-state index contributed by atoms with van der Waals surface area (Å²) in [7, 11) is 0. The maximum atomic E-state index is 12.4. The fourth-order valence-corrected chi connectivity index (χ4v) is 2.20. The lowest BCUT2D eigenvalue weighted by Gasteiger charge is -2.48. The van der Waals surface area contributed by atoms with Crippen LogP contribution in [0.4, 0.5) is 13.2 Å². The number of hydrogen-bond acceptors (Lipinski definition) is 3. The van der Waals surface area contributed by atoms with Crippen molar-refractivity contribution < 1.29 is 27.5 Å². The van der Waals surface area contributed by atoms with Crippen molar-refractivity contribution in [1.29, 1.82) is 0 Å². The summed E-state index contributed by atoms with van der Waals surface area (Å²) in [6.45, 7) is 4.76. The van der Waals surface area contributed by atoms with Gasteiger partial charge in [0.15, 0.2) is 0 Å². The zero-order valence-electron chi connectivity index (χ0n) is 12.6. The Morgan fingerprint density at radius 3 is 2.29 bits per heavy atom. The molecule has 1 heterocycles. The number of amides is 2. The highest BCUT2D eigenvalue weighted by atomic mass is 19.4. The maximum Gasteiger partial charge on any atom is 0.411 e. The fourth-order valence-electron chi connectivity index (χ4n) is 2.20. The lowest BCUT2D eigenvalue weighted by molar-refractivity contribution is -0.178. The average Bonchev–Trinajstić information content (AvgIpc) is 2.34. The van der Waals surface area contributed by atoms with Crippen molar-refractivity contribution in [2.24, 2.45) is 0 Å². The van der Waals surface area contributed by atoms with Crippen molar-refractivity contribution in [3.8, 4) is 0 Å². The van der Waals surface area contributed by atoms with Gasteiger partial charge in [-0.3, -0.25) is 9.59 Å². The van der Waals surface area contributed by atoms with E-state index < -0.39 is 23.9 Å². The Morgan fingerprint density at radius 2 is 1.81 bits per heavy atom. The van der Waals surface area contributed by atoms with Gasteiger partial charge in [-0.05, 0) is 27.2 Å². The van der Waals surface area contributed by atoms with Gasteiger partial charge >= 0.3 is 6.18 Å². The van der Waals surface area contributed by atoms with E-state index in [2.05, 4.69) is 10.1 Å². The van der Waals surface area contributed by atoms with Crippen LogP contribution in [0.15, 0.2) is 0 Å². The van der Waals surface area contributed by atoms with Crippen molar-refractivity contribution in [3.05, 3.63) is 0 Å². The van der Waals surface area contributed by atoms with Gasteiger partial charge in [-0.2, -0.15) is 13.2 Å². The van der Waals surface area contributed by atoms with Crippen LogP contribution in [0.25, 0.3) is 0 Å². The van der Waals surface area contributed by atoms with Crippen LogP contribution in [0.5, 0.6) is 0 Å². The molecule has 1 aliphatic rings. The van der Waals surface area contributed by atoms with Gasteiger partial charge in [0.2, 0.25) is 11.8 Å². The van der Waals surface area contributed by atoms with Crippen LogP contribution >= 0.6 is 0 Å². The van der Waals surface area contributed by atoms with Gasteiger partial charge in [-0.25, -0.2) is 0 Å². The first-order valence-corrected chi connectivity index (χ1v) is 6.73. The van der Waals surface area contributed by atoms with Crippen LogP contribution in [0.1, 0.15) is 34.1 Å². The van der Waals surface area contributed by atoms with E-state index in [-0.39, 0.29) is 25.0 Å². The molecule has 0 saturated carbocycles. The first-order chi connectivity index (χ1) is 9.44. The highest BCUT2D eigenvalue weighted by molar-refractivity contribution is 6.01. The molecule has 8 heteroatoms. The molecular weight excluding hydrogens is 289 g/mol. The largest absolute Gasteiger partial charge is 0.411 e. The molecular formula is C13H21F3N2O3. The molecule has 0 aromatic rings. The summed E-state index contributed by atoms with van der Waals surface area (Å²) in [5.74, 6) is -0.646. The van der Waals surface area contributed by atoms with E-state index in [1.54, 1.807) is 27.7 Å². The monoisotopic (exact) mass is 310 g/mol. The summed E-state index contributed by atoms with van der Waals surface area (Å²) in [6, 6.07) is 0. The first kappa shape index (κ1) is 17.7. The predicted octanol–water partition coefficient (Wildman–Crippen LogP) is 1.47. The van der Waals surface area contributed by atoms with Crippen molar-refractivity contribution in [2.45, 2.75) is 51.4 Å². The Balaban J connectivity index is 2.78. The predicted molar refractivity (Wildman–Crippen MR) is 69.5 cm³/mol. The van der Waals surface area contributed by atoms with Crippen LogP contribution in [-0.2, 0) is 14.3 Å². The van der Waals surface area contributed by atoms with Crippen LogP contribution in [0.3, 0.4) is 0 Å². The Labute approximate surface area is 121 Å². The van der Waals surface area contributed by atoms with E-state index in [0.29, 0.717) is 6.42 Å². The first-order valence-electron chi connectivity index (χ1n) is 6.73. The highest BCUT2D eigenvalue weighted by Crippen LogP contribution is 2.28. The SMILES string of the molecule is CCC1(C)C(=O)NC(C)(C)C(=O)N1CCOCC(F)(F)F. The van der Waals surface area contributed by atoms with Crippen molar-refractivity contribution in [1.82, 2.24) is 10.2 Å². The molecule has 1 fully saturated rings. The van der Waals surface area contributed by atoms with Crippen LogP contribution < -0.4 is 5.32 Å². The van der Waals surface area contributed by atoms with Crippen molar-refractivity contribution >= 4 is 11.8 Å². The molecule has 0 aromatic carbocycles. The zero-order chi connectivity index (χ0) is 16.5. The van der Waals surface area contributed by atoms with Crippen molar-refractivity contribution in [2.75, 3.05) is 19.8 Å². The summed E-state index contributed by atoms with van der Waals surface area (Å²) in [4.78, 5) is 25.9. The summed E-state index contributed by atoms with van der Waals surface area (Å²) < 4.78 is 40.6. The zero-order valence-corrected chi connectivity index (χ0v) is 12.6. The number of alkyl halides is 3. The van der Waals surface area contributed by atoms with Gasteiger partial charge < -0.3 is 15.0 Å². The lowest BCUT2D eigenvalue weighted by Crippen LogP contribution is -2.73. The van der Waals surface area contributed by atoms with E-state index >= 15 is 0 Å². The van der Waals surface area contributed by atoms with E-state index in [0.717, 1.165) is 0 Å². The van der Waals surface area contributed by atoms with Crippen LogP contribution in [0, 0.1) is 0 Å². The number of carbonyl (C=O) groups excluding carboxylic acids is 2. The van der Waals surface area contributed by atoms with Gasteiger partial charge in [-0.15, -0.1) is 0 Å². The molecule has 5 nitrogen and oxygen atoms in total. The van der Waals surface area contributed by atoms with Gasteiger partial charge in [0.25, 0.3) is 0 Å². The molecule has 1 rings (SSSR count). The topological polar surface area (TPSA) is 58.6 Å². The highest BCUT2D eigenvalue weighted by Gasteiger charge is 2.51. The molecule has 1 N–H and O–H groups in total.